The first-order chi connectivity index (χ1) is 5.27. The van der Waals surface area contributed by atoms with E-state index in [1.807, 2.05) is 0 Å². The first-order valence-corrected chi connectivity index (χ1v) is 3.16. The summed E-state index contributed by atoms with van der Waals surface area (Å²) < 4.78 is 5.34. The van der Waals surface area contributed by atoms with Crippen molar-refractivity contribution >= 4 is 5.97 Å². The van der Waals surface area contributed by atoms with Gasteiger partial charge in [-0.15, -0.1) is 0 Å². The molecule has 56 valence electrons. The van der Waals surface area contributed by atoms with Crippen LogP contribution in [0.2, 0.25) is 0 Å². The molecule has 0 bridgehead atoms. The van der Waals surface area contributed by atoms with Crippen molar-refractivity contribution in [3.05, 3.63) is 34.8 Å². The minimum absolute atomic E-state index is 0.219. The number of rotatable bonds is 0. The zero-order valence-electron chi connectivity index (χ0n) is 5.61. The van der Waals surface area contributed by atoms with Gasteiger partial charge in [-0.3, -0.25) is 0 Å². The van der Waals surface area contributed by atoms with E-state index < -0.39 is 0 Å². The van der Waals surface area contributed by atoms with Crippen molar-refractivity contribution in [1.29, 1.82) is 0 Å². The third-order valence-electron chi connectivity index (χ3n) is 1.60. The van der Waals surface area contributed by atoms with E-state index in [-0.39, 0.29) is 12.6 Å². The van der Waals surface area contributed by atoms with E-state index in [9.17, 15) is 10.0 Å². The number of nitrogens with zero attached hydrogens (tertiary/aromatic N) is 1. The third-order valence-corrected chi connectivity index (χ3v) is 1.60. The second kappa shape index (κ2) is 1.95. The van der Waals surface area contributed by atoms with Crippen LogP contribution >= 0.6 is 0 Å². The molecule has 4 nitrogen and oxygen atoms in total. The van der Waals surface area contributed by atoms with Crippen molar-refractivity contribution in [2.24, 2.45) is 0 Å². The molecule has 0 fully saturated rings. The fraction of sp³-hybridized carbons (Fsp3) is 0.143. The highest BCUT2D eigenvalue weighted by atomic mass is 16.5. The number of cyclic esters (lactones) is 1. The van der Waals surface area contributed by atoms with Crippen LogP contribution in [0.3, 0.4) is 0 Å². The summed E-state index contributed by atoms with van der Waals surface area (Å²) in [6.45, 7) is 0.219. The van der Waals surface area contributed by atoms with Gasteiger partial charge in [0, 0.05) is 6.07 Å². The van der Waals surface area contributed by atoms with Gasteiger partial charge in [0.25, 0.3) is 0 Å². The molecule has 1 aromatic heterocycles. The first kappa shape index (κ1) is 6.15. The van der Waals surface area contributed by atoms with Gasteiger partial charge in [0.05, 0.1) is 11.1 Å². The number of hydrogen-bond donors (Lipinski definition) is 0. The van der Waals surface area contributed by atoms with E-state index >= 15 is 0 Å². The van der Waals surface area contributed by atoms with Crippen LogP contribution in [0.5, 0.6) is 0 Å². The van der Waals surface area contributed by atoms with Crippen LogP contribution in [0.15, 0.2) is 18.5 Å². The molecule has 1 aliphatic heterocycles. The number of esters is 1. The lowest BCUT2D eigenvalue weighted by molar-refractivity contribution is -0.605. The van der Waals surface area contributed by atoms with Crippen LogP contribution in [0.1, 0.15) is 15.9 Å². The van der Waals surface area contributed by atoms with Crippen LogP contribution < -0.4 is 4.73 Å². The number of hydrogen-bond acceptors (Lipinski definition) is 3. The van der Waals surface area contributed by atoms with E-state index in [2.05, 4.69) is 4.74 Å². The molecular weight excluding hydrogens is 146 g/mol. The lowest BCUT2D eigenvalue weighted by Crippen LogP contribution is -2.25. The maximum absolute atomic E-state index is 10.8. The molecule has 1 aliphatic rings. The number of carbonyl (C=O) groups is 1. The molecule has 0 aliphatic carbocycles. The summed E-state index contributed by atoms with van der Waals surface area (Å²) in [4.78, 5) is 10.8. The Morgan fingerprint density at radius 3 is 3.27 bits per heavy atom. The van der Waals surface area contributed by atoms with E-state index in [1.165, 1.54) is 18.5 Å². The Morgan fingerprint density at radius 1 is 1.64 bits per heavy atom. The number of pyridine rings is 1. The van der Waals surface area contributed by atoms with Crippen molar-refractivity contribution in [2.75, 3.05) is 0 Å². The zero-order chi connectivity index (χ0) is 7.84. The van der Waals surface area contributed by atoms with E-state index in [0.717, 1.165) is 0 Å². The molecule has 4 heteroatoms. The Hall–Kier alpha value is -1.58. The molecule has 0 saturated heterocycles. The fourth-order valence-electron chi connectivity index (χ4n) is 1.06. The van der Waals surface area contributed by atoms with Gasteiger partial charge in [-0.2, -0.15) is 4.73 Å². The van der Waals surface area contributed by atoms with Crippen molar-refractivity contribution in [3.63, 3.8) is 0 Å². The monoisotopic (exact) mass is 151 g/mol. The second-order valence-electron chi connectivity index (χ2n) is 2.32. The van der Waals surface area contributed by atoms with E-state index in [4.69, 9.17) is 0 Å². The van der Waals surface area contributed by atoms with Crippen molar-refractivity contribution < 1.29 is 14.3 Å². The Morgan fingerprint density at radius 2 is 2.45 bits per heavy atom. The van der Waals surface area contributed by atoms with Crippen molar-refractivity contribution in [2.45, 2.75) is 6.61 Å². The SMILES string of the molecule is O=C1OCc2c[n+]([O-])ccc21. The third kappa shape index (κ3) is 0.832. The summed E-state index contributed by atoms with van der Waals surface area (Å²) in [5.74, 6) is -0.347. The highest BCUT2D eigenvalue weighted by molar-refractivity contribution is 5.92. The molecule has 0 saturated carbocycles. The molecule has 0 spiro atoms. The summed E-state index contributed by atoms with van der Waals surface area (Å²) in [5, 5.41) is 10.7. The van der Waals surface area contributed by atoms with Crippen LogP contribution in [-0.2, 0) is 11.3 Å². The summed E-state index contributed by atoms with van der Waals surface area (Å²) in [5.41, 5.74) is 1.16. The van der Waals surface area contributed by atoms with Gasteiger partial charge in [-0.1, -0.05) is 0 Å². The zero-order valence-corrected chi connectivity index (χ0v) is 5.61. The van der Waals surface area contributed by atoms with Crippen LogP contribution in [0.4, 0.5) is 0 Å². The average molecular weight is 151 g/mol. The molecule has 0 unspecified atom stereocenters. The lowest BCUT2D eigenvalue weighted by Gasteiger charge is -1.94. The Bertz CT molecular complexity index is 321. The predicted molar refractivity (Wildman–Crippen MR) is 34.5 cm³/mol. The normalized spacial score (nSPS) is 14.4. The number of aromatic nitrogens is 1. The molecule has 1 aromatic rings. The highest BCUT2D eigenvalue weighted by Crippen LogP contribution is 2.16. The first-order valence-electron chi connectivity index (χ1n) is 3.16. The Labute approximate surface area is 62.6 Å². The molecule has 2 rings (SSSR count). The van der Waals surface area contributed by atoms with Gasteiger partial charge in [0.2, 0.25) is 0 Å². The fourth-order valence-corrected chi connectivity index (χ4v) is 1.06. The summed E-state index contributed by atoms with van der Waals surface area (Å²) in [7, 11) is 0. The molecule has 2 heterocycles. The Balaban J connectivity index is 2.59. The molecule has 0 atom stereocenters. The minimum Gasteiger partial charge on any atom is -0.619 e. The van der Waals surface area contributed by atoms with Gasteiger partial charge in [0.1, 0.15) is 6.61 Å². The highest BCUT2D eigenvalue weighted by Gasteiger charge is 2.22. The average Bonchev–Trinajstić information content (AvgIpc) is 2.32. The second-order valence-corrected chi connectivity index (χ2v) is 2.32. The number of ether oxygens (including phenoxy) is 1. The molecule has 0 N–H and O–H groups in total. The van der Waals surface area contributed by atoms with Crippen LogP contribution in [0.25, 0.3) is 0 Å². The number of carbonyl (C=O) groups excluding carboxylic acids is 1. The van der Waals surface area contributed by atoms with Gasteiger partial charge in [-0.05, 0) is 0 Å². The molecule has 0 radical (unpaired) electrons. The van der Waals surface area contributed by atoms with Crippen LogP contribution in [0, 0.1) is 5.21 Å². The van der Waals surface area contributed by atoms with Crippen molar-refractivity contribution in [1.82, 2.24) is 0 Å². The van der Waals surface area contributed by atoms with Crippen LogP contribution in [-0.4, -0.2) is 5.97 Å². The Kier molecular flexibility index (Phi) is 1.09. The topological polar surface area (TPSA) is 53.2 Å². The summed E-state index contributed by atoms with van der Waals surface area (Å²) in [6.07, 6.45) is 2.63. The maximum atomic E-state index is 10.8. The van der Waals surface area contributed by atoms with Crippen molar-refractivity contribution in [3.8, 4) is 0 Å². The quantitative estimate of drug-likeness (QED) is 0.297. The van der Waals surface area contributed by atoms with Gasteiger partial charge < -0.3 is 9.94 Å². The summed E-state index contributed by atoms with van der Waals surface area (Å²) in [6, 6.07) is 1.47. The number of fused-ring (bicyclic) bond motifs is 1. The molecule has 11 heavy (non-hydrogen) atoms. The maximum Gasteiger partial charge on any atom is 0.339 e. The molecule has 0 aromatic carbocycles. The van der Waals surface area contributed by atoms with Gasteiger partial charge in [-0.25, -0.2) is 4.79 Å². The lowest BCUT2D eigenvalue weighted by atomic mass is 10.2. The smallest absolute Gasteiger partial charge is 0.339 e. The minimum atomic E-state index is -0.347. The van der Waals surface area contributed by atoms with Gasteiger partial charge in [0.15, 0.2) is 12.4 Å². The molecular formula is C7H5NO3. The standard InChI is InChI=1S/C7H5NO3/c9-7-6-1-2-8(10)3-5(6)4-11-7/h1-3H,4H2. The van der Waals surface area contributed by atoms with E-state index in [1.54, 1.807) is 0 Å². The van der Waals surface area contributed by atoms with E-state index in [0.29, 0.717) is 15.9 Å². The van der Waals surface area contributed by atoms with Gasteiger partial charge >= 0.3 is 5.97 Å². The summed E-state index contributed by atoms with van der Waals surface area (Å²) >= 11 is 0. The largest absolute Gasteiger partial charge is 0.619 e. The predicted octanol–water partition coefficient (Wildman–Crippen LogP) is -0.00960. The molecule has 0 amide bonds.